The Kier molecular flexibility index (Phi) is 3.93. The molecule has 108 valence electrons. The molecule has 0 radical (unpaired) electrons. The van der Waals surface area contributed by atoms with Crippen LogP contribution in [0.4, 0.5) is 10.1 Å². The largest absolute Gasteiger partial charge is 0.399 e. The Bertz CT molecular complexity index is 830. The molecule has 1 atom stereocenters. The Morgan fingerprint density at radius 1 is 1.33 bits per heavy atom. The summed E-state index contributed by atoms with van der Waals surface area (Å²) in [6, 6.07) is 9.70. The second-order valence-electron chi connectivity index (χ2n) is 4.40. The number of nitrogens with zero attached hydrogens (tertiary/aromatic N) is 1. The third kappa shape index (κ3) is 2.92. The highest BCUT2D eigenvalue weighted by Crippen LogP contribution is 2.29. The summed E-state index contributed by atoms with van der Waals surface area (Å²) in [5.74, 6) is -0.456. The van der Waals surface area contributed by atoms with Gasteiger partial charge < -0.3 is 5.73 Å². The maximum Gasteiger partial charge on any atom is 0.182 e. The Balaban J connectivity index is 1.94. The maximum atomic E-state index is 13.7. The van der Waals surface area contributed by atoms with E-state index < -0.39 is 16.6 Å². The van der Waals surface area contributed by atoms with Crippen molar-refractivity contribution in [2.75, 3.05) is 5.73 Å². The Hall–Kier alpha value is -1.50. The number of aromatic nitrogens is 1. The molecule has 0 saturated carbocycles. The fourth-order valence-corrected chi connectivity index (χ4v) is 4.63. The van der Waals surface area contributed by atoms with Crippen LogP contribution in [0.25, 0.3) is 10.2 Å². The zero-order valence-corrected chi connectivity index (χ0v) is 13.1. The molecule has 0 amide bonds. The molecule has 0 spiro atoms. The molecule has 1 aromatic heterocycles. The van der Waals surface area contributed by atoms with Crippen LogP contribution in [0.3, 0.4) is 0 Å². The number of rotatable bonds is 3. The van der Waals surface area contributed by atoms with Gasteiger partial charge in [0.05, 0.1) is 26.8 Å². The van der Waals surface area contributed by atoms with Crippen LogP contribution in [0.2, 0.25) is 5.02 Å². The lowest BCUT2D eigenvalue weighted by molar-refractivity contribution is 0.615. The van der Waals surface area contributed by atoms with Crippen LogP contribution in [-0.4, -0.2) is 9.19 Å². The highest BCUT2D eigenvalue weighted by atomic mass is 35.5. The van der Waals surface area contributed by atoms with E-state index >= 15 is 0 Å². The number of anilines is 1. The van der Waals surface area contributed by atoms with E-state index in [0.717, 1.165) is 10.2 Å². The first-order valence-electron chi connectivity index (χ1n) is 6.02. The minimum Gasteiger partial charge on any atom is -0.399 e. The van der Waals surface area contributed by atoms with Crippen LogP contribution in [-0.2, 0) is 16.6 Å². The molecular weight excluding hydrogens is 331 g/mol. The molecule has 2 N–H and O–H groups in total. The Morgan fingerprint density at radius 3 is 2.90 bits per heavy atom. The molecule has 0 aliphatic rings. The van der Waals surface area contributed by atoms with Crippen molar-refractivity contribution in [3.8, 4) is 0 Å². The topological polar surface area (TPSA) is 56.0 Å². The number of nitrogens with two attached hydrogens (primary N) is 1. The van der Waals surface area contributed by atoms with E-state index in [0.29, 0.717) is 10.0 Å². The van der Waals surface area contributed by atoms with Crippen LogP contribution in [0.5, 0.6) is 0 Å². The van der Waals surface area contributed by atoms with Crippen LogP contribution in [0, 0.1) is 5.82 Å². The van der Waals surface area contributed by atoms with E-state index in [9.17, 15) is 8.60 Å². The number of nitrogen functional groups attached to an aromatic ring is 1. The molecule has 7 heteroatoms. The van der Waals surface area contributed by atoms with Crippen LogP contribution in [0.1, 0.15) is 5.56 Å². The smallest absolute Gasteiger partial charge is 0.182 e. The molecule has 0 bridgehead atoms. The molecule has 1 heterocycles. The minimum absolute atomic E-state index is 0.000804. The van der Waals surface area contributed by atoms with E-state index in [1.807, 2.05) is 0 Å². The van der Waals surface area contributed by atoms with Gasteiger partial charge in [0.25, 0.3) is 0 Å². The average molecular weight is 341 g/mol. The fourth-order valence-electron chi connectivity index (χ4n) is 1.88. The van der Waals surface area contributed by atoms with Crippen molar-refractivity contribution in [3.05, 3.63) is 52.8 Å². The highest BCUT2D eigenvalue weighted by Gasteiger charge is 2.16. The van der Waals surface area contributed by atoms with Crippen molar-refractivity contribution < 1.29 is 8.60 Å². The normalized spacial score (nSPS) is 12.7. The molecule has 1 unspecified atom stereocenters. The molecule has 21 heavy (non-hydrogen) atoms. The van der Waals surface area contributed by atoms with Gasteiger partial charge in [0.2, 0.25) is 0 Å². The second kappa shape index (κ2) is 5.71. The fraction of sp³-hybridized carbons (Fsp3) is 0.0714. The third-order valence-corrected chi connectivity index (χ3v) is 5.93. The minimum atomic E-state index is -1.45. The van der Waals surface area contributed by atoms with Crippen molar-refractivity contribution in [1.29, 1.82) is 0 Å². The summed E-state index contributed by atoms with van der Waals surface area (Å²) in [6.07, 6.45) is 0. The number of benzene rings is 2. The van der Waals surface area contributed by atoms with Gasteiger partial charge >= 0.3 is 0 Å². The van der Waals surface area contributed by atoms with Gasteiger partial charge in [0.1, 0.15) is 5.82 Å². The summed E-state index contributed by atoms with van der Waals surface area (Å²) in [6.45, 7) is 0. The number of hydrogen-bond acceptors (Lipinski definition) is 4. The van der Waals surface area contributed by atoms with Crippen LogP contribution >= 0.6 is 22.9 Å². The highest BCUT2D eigenvalue weighted by molar-refractivity contribution is 7.86. The van der Waals surface area contributed by atoms with Crippen molar-refractivity contribution in [2.45, 2.75) is 10.1 Å². The Labute approximate surface area is 132 Å². The molecule has 0 saturated heterocycles. The van der Waals surface area contributed by atoms with Gasteiger partial charge in [-0.2, -0.15) is 0 Å². The van der Waals surface area contributed by atoms with E-state index in [4.69, 9.17) is 17.3 Å². The van der Waals surface area contributed by atoms with Crippen molar-refractivity contribution in [1.82, 2.24) is 4.98 Å². The lowest BCUT2D eigenvalue weighted by Gasteiger charge is -2.03. The lowest BCUT2D eigenvalue weighted by atomic mass is 10.2. The lowest BCUT2D eigenvalue weighted by Crippen LogP contribution is -1.99. The van der Waals surface area contributed by atoms with Gasteiger partial charge in [-0.1, -0.05) is 17.7 Å². The first-order chi connectivity index (χ1) is 10.0. The van der Waals surface area contributed by atoms with Gasteiger partial charge in [-0.05, 0) is 30.3 Å². The van der Waals surface area contributed by atoms with Crippen molar-refractivity contribution in [2.24, 2.45) is 0 Å². The molecule has 0 fully saturated rings. The number of fused-ring (bicyclic) bond motifs is 1. The van der Waals surface area contributed by atoms with Crippen molar-refractivity contribution in [3.63, 3.8) is 0 Å². The first kappa shape index (κ1) is 14.4. The second-order valence-corrected chi connectivity index (χ2v) is 7.46. The van der Waals surface area contributed by atoms with Gasteiger partial charge in [-0.25, -0.2) is 9.37 Å². The Morgan fingerprint density at radius 2 is 2.14 bits per heavy atom. The van der Waals surface area contributed by atoms with E-state index in [2.05, 4.69) is 4.98 Å². The number of hydrogen-bond donors (Lipinski definition) is 1. The van der Waals surface area contributed by atoms with Gasteiger partial charge in [0.15, 0.2) is 4.34 Å². The predicted molar refractivity (Wildman–Crippen MR) is 85.6 cm³/mol. The zero-order valence-electron chi connectivity index (χ0n) is 10.7. The average Bonchev–Trinajstić information content (AvgIpc) is 2.86. The number of halogens is 2. The summed E-state index contributed by atoms with van der Waals surface area (Å²) in [7, 11) is -1.45. The van der Waals surface area contributed by atoms with Crippen LogP contribution in [0.15, 0.2) is 40.7 Å². The summed E-state index contributed by atoms with van der Waals surface area (Å²) >= 11 is 7.25. The summed E-state index contributed by atoms with van der Waals surface area (Å²) < 4.78 is 27.4. The standard InChI is InChI=1S/C14H10ClFN2OS2/c15-10-2-1-3-11(16)9(10)7-21(19)14-18-12-5-4-8(17)6-13(12)20-14/h1-6H,7,17H2. The van der Waals surface area contributed by atoms with E-state index in [1.54, 1.807) is 24.3 Å². The summed E-state index contributed by atoms with van der Waals surface area (Å²) in [5.41, 5.74) is 7.31. The first-order valence-corrected chi connectivity index (χ1v) is 8.53. The van der Waals surface area contributed by atoms with Gasteiger partial charge in [0, 0.05) is 16.3 Å². The van der Waals surface area contributed by atoms with E-state index in [1.165, 1.54) is 23.5 Å². The molecule has 3 rings (SSSR count). The SMILES string of the molecule is Nc1ccc2nc(S(=O)Cc3c(F)cccc3Cl)sc2c1. The zero-order chi connectivity index (χ0) is 15.0. The molecule has 0 aliphatic carbocycles. The summed E-state index contributed by atoms with van der Waals surface area (Å²) in [5, 5.41) is 0.272. The van der Waals surface area contributed by atoms with E-state index in [-0.39, 0.29) is 16.3 Å². The summed E-state index contributed by atoms with van der Waals surface area (Å²) in [4.78, 5) is 4.31. The molecular formula is C14H10ClFN2OS2. The molecule has 2 aromatic carbocycles. The quantitative estimate of drug-likeness (QED) is 0.734. The number of thiazole rings is 1. The molecule has 3 nitrogen and oxygen atoms in total. The van der Waals surface area contributed by atoms with Gasteiger partial charge in [-0.15, -0.1) is 11.3 Å². The molecule has 3 aromatic rings. The maximum absolute atomic E-state index is 13.7. The third-order valence-electron chi connectivity index (χ3n) is 2.92. The van der Waals surface area contributed by atoms with Crippen molar-refractivity contribution >= 4 is 49.6 Å². The van der Waals surface area contributed by atoms with Crippen LogP contribution < -0.4 is 5.73 Å². The monoisotopic (exact) mass is 340 g/mol. The predicted octanol–water partition coefficient (Wildman–Crippen LogP) is 3.98. The molecule has 0 aliphatic heterocycles. The van der Waals surface area contributed by atoms with Gasteiger partial charge in [-0.3, -0.25) is 4.21 Å².